The number of fused-ring (bicyclic) bond motifs is 1. The molecule has 0 unspecified atom stereocenters. The van der Waals surface area contributed by atoms with E-state index < -0.39 is 0 Å². The van der Waals surface area contributed by atoms with Gasteiger partial charge in [0.2, 0.25) is 0 Å². The van der Waals surface area contributed by atoms with Crippen LogP contribution < -0.4 is 0 Å². The maximum atomic E-state index is 4.77. The second-order valence-corrected chi connectivity index (χ2v) is 6.10. The zero-order valence-corrected chi connectivity index (χ0v) is 11.5. The molecule has 18 heavy (non-hydrogen) atoms. The molecule has 1 aliphatic carbocycles. The monoisotopic (exact) mass is 262 g/mol. The minimum absolute atomic E-state index is 0.893. The molecule has 0 aromatic carbocycles. The summed E-state index contributed by atoms with van der Waals surface area (Å²) in [5.41, 5.74) is 2.51. The van der Waals surface area contributed by atoms with Crippen LogP contribution in [0.1, 0.15) is 34.1 Å². The van der Waals surface area contributed by atoms with E-state index in [0.717, 1.165) is 18.8 Å². The molecular weight excluding hydrogens is 244 g/mol. The van der Waals surface area contributed by atoms with Gasteiger partial charge >= 0.3 is 0 Å². The Labute approximate surface area is 111 Å². The molecule has 0 aliphatic heterocycles. The summed E-state index contributed by atoms with van der Waals surface area (Å²) in [7, 11) is 2.13. The number of rotatable bonds is 4. The van der Waals surface area contributed by atoms with Gasteiger partial charge in [-0.3, -0.25) is 4.90 Å². The minimum atomic E-state index is 0.893. The van der Waals surface area contributed by atoms with E-state index in [1.165, 1.54) is 41.3 Å². The molecule has 0 fully saturated rings. The normalized spacial score (nSPS) is 15.0. The average molecular weight is 262 g/mol. The number of aromatic nitrogens is 3. The third-order valence-electron chi connectivity index (χ3n) is 3.29. The molecule has 2 aromatic rings. The van der Waals surface area contributed by atoms with Gasteiger partial charge in [0.25, 0.3) is 0 Å². The van der Waals surface area contributed by atoms with Crippen LogP contribution in [0.15, 0.2) is 12.5 Å². The van der Waals surface area contributed by atoms with E-state index in [-0.39, 0.29) is 0 Å². The molecule has 0 saturated heterocycles. The van der Waals surface area contributed by atoms with Gasteiger partial charge in [-0.05, 0) is 32.7 Å². The molecule has 2 aromatic heterocycles. The fraction of sp³-hybridized carbons (Fsp3) is 0.538. The second kappa shape index (κ2) is 5.20. The van der Waals surface area contributed by atoms with Crippen molar-refractivity contribution in [3.63, 3.8) is 0 Å². The molecule has 5 heteroatoms. The first kappa shape index (κ1) is 11.9. The van der Waals surface area contributed by atoms with Gasteiger partial charge in [0.1, 0.15) is 5.01 Å². The summed E-state index contributed by atoms with van der Waals surface area (Å²) in [5, 5.41) is 1.25. The van der Waals surface area contributed by atoms with E-state index >= 15 is 0 Å². The van der Waals surface area contributed by atoms with Crippen molar-refractivity contribution >= 4 is 11.3 Å². The summed E-state index contributed by atoms with van der Waals surface area (Å²) in [4.78, 5) is 15.7. The highest BCUT2D eigenvalue weighted by Gasteiger charge is 2.15. The first-order valence-electron chi connectivity index (χ1n) is 6.44. The van der Waals surface area contributed by atoms with Crippen molar-refractivity contribution in [2.24, 2.45) is 0 Å². The first-order valence-corrected chi connectivity index (χ1v) is 7.26. The zero-order chi connectivity index (χ0) is 12.4. The van der Waals surface area contributed by atoms with Crippen LogP contribution in [0.3, 0.4) is 0 Å². The van der Waals surface area contributed by atoms with Crippen molar-refractivity contribution in [2.45, 2.75) is 38.8 Å². The molecule has 0 spiro atoms. The Morgan fingerprint density at radius 2 is 2.22 bits per heavy atom. The number of thiazole rings is 1. The lowest BCUT2D eigenvalue weighted by Crippen LogP contribution is -2.17. The van der Waals surface area contributed by atoms with Crippen LogP contribution >= 0.6 is 11.3 Å². The lowest BCUT2D eigenvalue weighted by atomic mass is 10.0. The van der Waals surface area contributed by atoms with Crippen molar-refractivity contribution in [1.29, 1.82) is 0 Å². The van der Waals surface area contributed by atoms with Crippen LogP contribution in [-0.2, 0) is 25.9 Å². The van der Waals surface area contributed by atoms with Crippen LogP contribution in [0, 0.1) is 0 Å². The molecule has 0 atom stereocenters. The molecule has 0 radical (unpaired) electrons. The summed E-state index contributed by atoms with van der Waals surface area (Å²) < 4.78 is 0. The fourth-order valence-corrected chi connectivity index (χ4v) is 3.66. The van der Waals surface area contributed by atoms with Crippen LogP contribution in [-0.4, -0.2) is 26.9 Å². The van der Waals surface area contributed by atoms with E-state index in [0.29, 0.717) is 0 Å². The van der Waals surface area contributed by atoms with Crippen molar-refractivity contribution in [3.05, 3.63) is 33.8 Å². The van der Waals surface area contributed by atoms with E-state index in [2.05, 4.69) is 21.9 Å². The highest BCUT2D eigenvalue weighted by Crippen LogP contribution is 2.27. The number of aromatic amines is 1. The van der Waals surface area contributed by atoms with Crippen molar-refractivity contribution in [3.8, 4) is 0 Å². The van der Waals surface area contributed by atoms with E-state index in [1.54, 1.807) is 6.33 Å². The molecule has 3 rings (SSSR count). The molecule has 0 amide bonds. The van der Waals surface area contributed by atoms with Crippen molar-refractivity contribution in [1.82, 2.24) is 19.9 Å². The maximum Gasteiger partial charge on any atom is 0.107 e. The molecule has 4 nitrogen and oxygen atoms in total. The Hall–Kier alpha value is -1.20. The third-order valence-corrected chi connectivity index (χ3v) is 4.43. The molecule has 0 saturated carbocycles. The number of nitrogens with zero attached hydrogens (tertiary/aromatic N) is 3. The smallest absolute Gasteiger partial charge is 0.107 e. The second-order valence-electron chi connectivity index (χ2n) is 4.93. The Bertz CT molecular complexity index is 480. The number of aryl methyl sites for hydroxylation is 2. The quantitative estimate of drug-likeness (QED) is 0.920. The third kappa shape index (κ3) is 2.62. The van der Waals surface area contributed by atoms with Gasteiger partial charge in [-0.15, -0.1) is 11.3 Å². The van der Waals surface area contributed by atoms with Gasteiger partial charge in [-0.2, -0.15) is 0 Å². The van der Waals surface area contributed by atoms with Gasteiger partial charge in [-0.25, -0.2) is 9.97 Å². The van der Waals surface area contributed by atoms with Crippen LogP contribution in [0.4, 0.5) is 0 Å². The largest absolute Gasteiger partial charge is 0.347 e. The highest BCUT2D eigenvalue weighted by atomic mass is 32.1. The standard InChI is InChI=1S/C13H18N4S/c1-17(7-10-6-14-9-15-10)8-13-16-11-4-2-3-5-12(11)18-13/h6,9H,2-5,7-8H2,1H3,(H,14,15). The molecule has 1 N–H and O–H groups in total. The number of nitrogens with one attached hydrogen (secondary N) is 1. The molecular formula is C13H18N4S. The Morgan fingerprint density at radius 3 is 3.00 bits per heavy atom. The lowest BCUT2D eigenvalue weighted by molar-refractivity contribution is 0.315. The Kier molecular flexibility index (Phi) is 3.43. The Balaban J connectivity index is 1.63. The molecule has 2 heterocycles. The Morgan fingerprint density at radius 1 is 1.33 bits per heavy atom. The summed E-state index contributed by atoms with van der Waals surface area (Å²) >= 11 is 1.90. The number of H-pyrrole nitrogens is 1. The minimum Gasteiger partial charge on any atom is -0.347 e. The summed E-state index contributed by atoms with van der Waals surface area (Å²) in [6, 6.07) is 0. The predicted molar refractivity (Wildman–Crippen MR) is 72.5 cm³/mol. The van der Waals surface area contributed by atoms with Crippen molar-refractivity contribution in [2.75, 3.05) is 7.05 Å². The van der Waals surface area contributed by atoms with Gasteiger partial charge in [-0.1, -0.05) is 0 Å². The maximum absolute atomic E-state index is 4.77. The highest BCUT2D eigenvalue weighted by molar-refractivity contribution is 7.11. The van der Waals surface area contributed by atoms with Crippen molar-refractivity contribution < 1.29 is 0 Å². The van der Waals surface area contributed by atoms with E-state index in [1.807, 2.05) is 17.5 Å². The zero-order valence-electron chi connectivity index (χ0n) is 10.6. The molecule has 0 bridgehead atoms. The SMILES string of the molecule is CN(Cc1cnc[nH]1)Cc1nc2c(s1)CCCC2. The van der Waals surface area contributed by atoms with Gasteiger partial charge in [0.15, 0.2) is 0 Å². The molecule has 1 aliphatic rings. The average Bonchev–Trinajstić information content (AvgIpc) is 2.96. The van der Waals surface area contributed by atoms with E-state index in [4.69, 9.17) is 4.98 Å². The first-order chi connectivity index (χ1) is 8.81. The van der Waals surface area contributed by atoms with Gasteiger partial charge in [0, 0.05) is 23.3 Å². The number of hydrogen-bond acceptors (Lipinski definition) is 4. The fourth-order valence-electron chi connectivity index (χ4n) is 2.42. The van der Waals surface area contributed by atoms with E-state index in [9.17, 15) is 0 Å². The lowest BCUT2D eigenvalue weighted by Gasteiger charge is -2.13. The predicted octanol–water partition coefficient (Wildman–Crippen LogP) is 2.38. The topological polar surface area (TPSA) is 44.8 Å². The number of imidazole rings is 1. The summed E-state index contributed by atoms with van der Waals surface area (Å²) in [5.74, 6) is 0. The summed E-state index contributed by atoms with van der Waals surface area (Å²) in [6.45, 7) is 1.82. The van der Waals surface area contributed by atoms with Crippen LogP contribution in [0.25, 0.3) is 0 Å². The van der Waals surface area contributed by atoms with Gasteiger partial charge in [0.05, 0.1) is 18.6 Å². The van der Waals surface area contributed by atoms with Crippen LogP contribution in [0.2, 0.25) is 0 Å². The van der Waals surface area contributed by atoms with Crippen LogP contribution in [0.5, 0.6) is 0 Å². The van der Waals surface area contributed by atoms with Gasteiger partial charge < -0.3 is 4.98 Å². The molecule has 96 valence electrons. The number of hydrogen-bond donors (Lipinski definition) is 1. The summed E-state index contributed by atoms with van der Waals surface area (Å²) in [6.07, 6.45) is 8.65.